The number of hydrogen-bond acceptors (Lipinski definition) is 2. The molecule has 0 radical (unpaired) electrons. The molecule has 0 amide bonds. The van der Waals surface area contributed by atoms with Gasteiger partial charge in [0.2, 0.25) is 0 Å². The van der Waals surface area contributed by atoms with Crippen LogP contribution in [0.2, 0.25) is 5.02 Å². The number of benzene rings is 5. The van der Waals surface area contributed by atoms with Crippen molar-refractivity contribution < 1.29 is 0 Å². The third kappa shape index (κ3) is 2.77. The van der Waals surface area contributed by atoms with Crippen LogP contribution < -0.4 is 0 Å². The molecule has 1 heterocycles. The third-order valence-corrected chi connectivity index (χ3v) is 8.65. The van der Waals surface area contributed by atoms with E-state index in [4.69, 9.17) is 11.6 Å². The second kappa shape index (κ2) is 7.62. The number of rotatable bonds is 1. The molecule has 5 aromatic carbocycles. The highest BCUT2D eigenvalue weighted by atomic mass is 35.5. The Hall–Kier alpha value is -3.77. The minimum atomic E-state index is -0.461. The Morgan fingerprint density at radius 2 is 1.29 bits per heavy atom. The molecule has 1 aliphatic carbocycles. The molecule has 0 saturated heterocycles. The number of halogens is 1. The Balaban J connectivity index is 1.66. The van der Waals surface area contributed by atoms with Crippen LogP contribution in [0.5, 0.6) is 0 Å². The number of nitriles is 1. The fourth-order valence-corrected chi connectivity index (χ4v) is 7.41. The lowest BCUT2D eigenvalue weighted by Crippen LogP contribution is -2.32. The monoisotopic (exact) mass is 483 g/mol. The first-order chi connectivity index (χ1) is 17.2. The highest BCUT2D eigenvalue weighted by Crippen LogP contribution is 2.63. The van der Waals surface area contributed by atoms with E-state index in [0.29, 0.717) is 10.6 Å². The second-order valence-electron chi connectivity index (χ2n) is 8.96. The molecule has 0 bridgehead atoms. The molecule has 3 heteroatoms. The molecule has 0 aromatic heterocycles. The molecular formula is C32H18ClNS. The highest BCUT2D eigenvalue weighted by Gasteiger charge is 2.50. The first kappa shape index (κ1) is 20.6. The van der Waals surface area contributed by atoms with E-state index in [9.17, 15) is 5.26 Å². The molecule has 0 N–H and O–H groups in total. The molecule has 2 aliphatic rings. The third-order valence-electron chi connectivity index (χ3n) is 7.22. The molecule has 35 heavy (non-hydrogen) atoms. The number of nitrogens with zero attached hydrogens (tertiary/aromatic N) is 1. The molecule has 1 aliphatic heterocycles. The smallest absolute Gasteiger partial charge is 0.0991 e. The normalized spacial score (nSPS) is 13.9. The first-order valence-electron chi connectivity index (χ1n) is 11.5. The van der Waals surface area contributed by atoms with Gasteiger partial charge in [0.05, 0.1) is 17.0 Å². The maximum atomic E-state index is 9.54. The van der Waals surface area contributed by atoms with Crippen molar-refractivity contribution in [3.63, 3.8) is 0 Å². The maximum Gasteiger partial charge on any atom is 0.0991 e. The Morgan fingerprint density at radius 1 is 0.629 bits per heavy atom. The van der Waals surface area contributed by atoms with Crippen LogP contribution in [-0.2, 0) is 5.41 Å². The molecule has 7 rings (SSSR count). The quantitative estimate of drug-likeness (QED) is 0.233. The van der Waals surface area contributed by atoms with Crippen molar-refractivity contribution in [3.8, 4) is 28.3 Å². The van der Waals surface area contributed by atoms with Gasteiger partial charge in [-0.3, -0.25) is 0 Å². The summed E-state index contributed by atoms with van der Waals surface area (Å²) < 4.78 is 0. The predicted octanol–water partition coefficient (Wildman–Crippen LogP) is 8.71. The van der Waals surface area contributed by atoms with Crippen molar-refractivity contribution in [2.45, 2.75) is 15.2 Å². The van der Waals surface area contributed by atoms with Crippen LogP contribution in [0.15, 0.2) is 119 Å². The van der Waals surface area contributed by atoms with Crippen LogP contribution in [0.4, 0.5) is 0 Å². The summed E-state index contributed by atoms with van der Waals surface area (Å²) in [6.45, 7) is 0. The van der Waals surface area contributed by atoms with Gasteiger partial charge in [-0.25, -0.2) is 0 Å². The standard InChI is InChI=1S/C32H18ClNS/c33-22-17-25(21-9-7-8-20(16-21)19-34)31-29(18-22)32(28-14-5-6-15-30(28)35-31)26-12-3-1-10-23(26)24-11-2-4-13-27(24)32/h1-18H. The fourth-order valence-electron chi connectivity index (χ4n) is 5.89. The first-order valence-corrected chi connectivity index (χ1v) is 12.7. The van der Waals surface area contributed by atoms with Gasteiger partial charge >= 0.3 is 0 Å². The van der Waals surface area contributed by atoms with E-state index in [0.717, 1.165) is 11.1 Å². The Bertz CT molecular complexity index is 1670. The average Bonchev–Trinajstić information content (AvgIpc) is 3.20. The molecule has 5 aromatic rings. The molecular weight excluding hydrogens is 466 g/mol. The molecule has 0 saturated carbocycles. The van der Waals surface area contributed by atoms with Gasteiger partial charge in [-0.2, -0.15) is 5.26 Å². The van der Waals surface area contributed by atoms with Crippen molar-refractivity contribution in [1.29, 1.82) is 5.26 Å². The van der Waals surface area contributed by atoms with Crippen LogP contribution in [0.25, 0.3) is 22.3 Å². The van der Waals surface area contributed by atoms with Crippen LogP contribution >= 0.6 is 23.4 Å². The SMILES string of the molecule is N#Cc1cccc(-c2cc(Cl)cc3c2Sc2ccccc2C32c3ccccc3-c3ccccc32)c1. The zero-order chi connectivity index (χ0) is 23.6. The summed E-state index contributed by atoms with van der Waals surface area (Å²) in [7, 11) is 0. The van der Waals surface area contributed by atoms with Crippen LogP contribution in [-0.4, -0.2) is 0 Å². The van der Waals surface area contributed by atoms with Crippen molar-refractivity contribution >= 4 is 23.4 Å². The summed E-state index contributed by atoms with van der Waals surface area (Å²) in [5, 5.41) is 10.2. The van der Waals surface area contributed by atoms with Gasteiger partial charge in [-0.15, -0.1) is 0 Å². The van der Waals surface area contributed by atoms with Gasteiger partial charge in [0.1, 0.15) is 0 Å². The van der Waals surface area contributed by atoms with Gasteiger partial charge in [0.25, 0.3) is 0 Å². The summed E-state index contributed by atoms with van der Waals surface area (Å²) in [6.07, 6.45) is 0. The van der Waals surface area contributed by atoms with Crippen molar-refractivity contribution in [2.75, 3.05) is 0 Å². The Morgan fingerprint density at radius 3 is 2.00 bits per heavy atom. The zero-order valence-corrected chi connectivity index (χ0v) is 20.2. The lowest BCUT2D eigenvalue weighted by Gasteiger charge is -2.40. The summed E-state index contributed by atoms with van der Waals surface area (Å²) in [5.41, 5.74) is 9.84. The topological polar surface area (TPSA) is 23.8 Å². The largest absolute Gasteiger partial charge is 0.192 e. The average molecular weight is 484 g/mol. The van der Waals surface area contributed by atoms with Crippen molar-refractivity contribution in [2.24, 2.45) is 0 Å². The van der Waals surface area contributed by atoms with E-state index in [1.807, 2.05) is 24.3 Å². The second-order valence-corrected chi connectivity index (χ2v) is 10.5. The van der Waals surface area contributed by atoms with Crippen molar-refractivity contribution in [3.05, 3.63) is 142 Å². The molecule has 0 fully saturated rings. The van der Waals surface area contributed by atoms with E-state index >= 15 is 0 Å². The zero-order valence-electron chi connectivity index (χ0n) is 18.6. The van der Waals surface area contributed by atoms with E-state index in [1.54, 1.807) is 11.8 Å². The molecule has 0 atom stereocenters. The summed E-state index contributed by atoms with van der Waals surface area (Å²) in [5.74, 6) is 0. The van der Waals surface area contributed by atoms with E-state index < -0.39 is 5.41 Å². The molecule has 164 valence electrons. The van der Waals surface area contributed by atoms with Crippen LogP contribution in [0.3, 0.4) is 0 Å². The van der Waals surface area contributed by atoms with Crippen molar-refractivity contribution in [1.82, 2.24) is 0 Å². The minimum Gasteiger partial charge on any atom is -0.192 e. The predicted molar refractivity (Wildman–Crippen MR) is 143 cm³/mol. The Labute approximate surface area is 213 Å². The van der Waals surface area contributed by atoms with Gasteiger partial charge in [0, 0.05) is 14.8 Å². The van der Waals surface area contributed by atoms with E-state index in [2.05, 4.69) is 91.0 Å². The molecule has 1 spiro atoms. The summed E-state index contributed by atoms with van der Waals surface area (Å²) in [4.78, 5) is 2.43. The lowest BCUT2D eigenvalue weighted by atomic mass is 9.67. The number of fused-ring (bicyclic) bond motifs is 9. The van der Waals surface area contributed by atoms with Gasteiger partial charge in [-0.05, 0) is 74.8 Å². The minimum absolute atomic E-state index is 0.461. The number of hydrogen-bond donors (Lipinski definition) is 0. The van der Waals surface area contributed by atoms with E-state index in [-0.39, 0.29) is 0 Å². The van der Waals surface area contributed by atoms with Crippen LogP contribution in [0, 0.1) is 11.3 Å². The van der Waals surface area contributed by atoms with Gasteiger partial charge < -0.3 is 0 Å². The van der Waals surface area contributed by atoms with Crippen LogP contribution in [0.1, 0.15) is 27.8 Å². The fraction of sp³-hybridized carbons (Fsp3) is 0.0312. The summed E-state index contributed by atoms with van der Waals surface area (Å²) >= 11 is 8.67. The summed E-state index contributed by atoms with van der Waals surface area (Å²) in [6, 6.07) is 40.5. The van der Waals surface area contributed by atoms with Gasteiger partial charge in [0.15, 0.2) is 0 Å². The Kier molecular flexibility index (Phi) is 4.48. The lowest BCUT2D eigenvalue weighted by molar-refractivity contribution is 0.723. The molecule has 1 nitrogen and oxygen atoms in total. The molecule has 0 unspecified atom stereocenters. The van der Waals surface area contributed by atoms with Gasteiger partial charge in [-0.1, -0.05) is 102 Å². The van der Waals surface area contributed by atoms with E-state index in [1.165, 1.54) is 43.2 Å². The maximum absolute atomic E-state index is 9.54. The highest BCUT2D eigenvalue weighted by molar-refractivity contribution is 7.99.